The van der Waals surface area contributed by atoms with Crippen molar-refractivity contribution in [2.75, 3.05) is 23.0 Å². The molecule has 5 aromatic rings. The van der Waals surface area contributed by atoms with Crippen molar-refractivity contribution >= 4 is 34.1 Å². The lowest BCUT2D eigenvalue weighted by Gasteiger charge is -2.15. The van der Waals surface area contributed by atoms with Crippen molar-refractivity contribution in [3.8, 4) is 11.4 Å². The Morgan fingerprint density at radius 2 is 1.68 bits per heavy atom. The van der Waals surface area contributed by atoms with E-state index in [2.05, 4.69) is 41.7 Å². The Hall–Kier alpha value is -4.85. The summed E-state index contributed by atoms with van der Waals surface area (Å²) in [6.45, 7) is 8.74. The lowest BCUT2D eigenvalue weighted by molar-refractivity contribution is 0.262. The Bertz CT molecular complexity index is 1650. The molecule has 2 amide bonds. The Kier molecular flexibility index (Phi) is 7.42. The van der Waals surface area contributed by atoms with Gasteiger partial charge in [0.1, 0.15) is 24.0 Å². The van der Waals surface area contributed by atoms with Crippen LogP contribution in [-0.4, -0.2) is 27.8 Å². The number of benzene rings is 3. The van der Waals surface area contributed by atoms with Gasteiger partial charge in [0.2, 0.25) is 0 Å². The monoisotopic (exact) mass is 534 g/mol. The van der Waals surface area contributed by atoms with E-state index in [9.17, 15) is 4.79 Å². The van der Waals surface area contributed by atoms with Crippen LogP contribution >= 0.6 is 0 Å². The van der Waals surface area contributed by atoms with Gasteiger partial charge in [0.05, 0.1) is 17.1 Å². The van der Waals surface area contributed by atoms with Gasteiger partial charge in [-0.1, -0.05) is 62.7 Å². The minimum atomic E-state index is -0.357. The minimum absolute atomic E-state index is 0.181. The maximum Gasteiger partial charge on any atom is 0.324 e. The second-order valence-corrected chi connectivity index (χ2v) is 10.7. The van der Waals surface area contributed by atoms with Gasteiger partial charge >= 0.3 is 6.03 Å². The van der Waals surface area contributed by atoms with Crippen molar-refractivity contribution < 1.29 is 9.53 Å². The number of nitrogens with zero attached hydrogens (tertiary/aromatic N) is 3. The maximum atomic E-state index is 13.3. The van der Waals surface area contributed by atoms with Crippen molar-refractivity contribution in [3.63, 3.8) is 0 Å². The molecule has 2 heterocycles. The van der Waals surface area contributed by atoms with E-state index in [0.29, 0.717) is 18.1 Å². The van der Waals surface area contributed by atoms with Crippen LogP contribution in [0.4, 0.5) is 22.1 Å². The van der Waals surface area contributed by atoms with E-state index in [1.807, 2.05) is 92.8 Å². The molecular weight excluding hydrogens is 500 g/mol. The molecule has 0 aliphatic heterocycles. The van der Waals surface area contributed by atoms with E-state index >= 15 is 0 Å². The summed E-state index contributed by atoms with van der Waals surface area (Å²) >= 11 is 0. The number of aromatic nitrogens is 3. The lowest BCUT2D eigenvalue weighted by Crippen LogP contribution is -2.21. The van der Waals surface area contributed by atoms with Gasteiger partial charge in [-0.2, -0.15) is 5.10 Å². The second-order valence-electron chi connectivity index (χ2n) is 10.7. The first-order chi connectivity index (χ1) is 19.2. The van der Waals surface area contributed by atoms with E-state index in [1.54, 1.807) is 10.9 Å². The molecule has 204 valence electrons. The number of hydrogen-bond acceptors (Lipinski definition) is 5. The number of ether oxygens (including phenoxy) is 1. The van der Waals surface area contributed by atoms with Crippen molar-refractivity contribution in [1.29, 1.82) is 0 Å². The molecule has 0 saturated carbocycles. The zero-order valence-corrected chi connectivity index (χ0v) is 23.4. The van der Waals surface area contributed by atoms with Crippen molar-refractivity contribution in [2.45, 2.75) is 39.7 Å². The number of pyridine rings is 1. The van der Waals surface area contributed by atoms with Crippen molar-refractivity contribution in [1.82, 2.24) is 14.8 Å². The Morgan fingerprint density at radius 3 is 2.40 bits per heavy atom. The average Bonchev–Trinajstić information content (AvgIpc) is 3.37. The zero-order valence-electron chi connectivity index (χ0n) is 23.4. The second kappa shape index (κ2) is 11.1. The highest BCUT2D eigenvalue weighted by Crippen LogP contribution is 2.33. The summed E-state index contributed by atoms with van der Waals surface area (Å²) in [6, 6.07) is 25.1. The summed E-state index contributed by atoms with van der Waals surface area (Å²) < 4.78 is 7.94. The summed E-state index contributed by atoms with van der Waals surface area (Å²) in [5, 5.41) is 15.7. The average molecular weight is 535 g/mol. The highest BCUT2D eigenvalue weighted by molar-refractivity contribution is 6.07. The van der Waals surface area contributed by atoms with E-state index in [-0.39, 0.29) is 11.4 Å². The van der Waals surface area contributed by atoms with Gasteiger partial charge < -0.3 is 15.4 Å². The van der Waals surface area contributed by atoms with E-state index in [0.717, 1.165) is 44.8 Å². The third kappa shape index (κ3) is 5.91. The van der Waals surface area contributed by atoms with Crippen LogP contribution in [-0.2, 0) is 12.0 Å². The topological polar surface area (TPSA) is 93.1 Å². The molecule has 0 fully saturated rings. The van der Waals surface area contributed by atoms with Gasteiger partial charge in [-0.05, 0) is 48.9 Å². The van der Waals surface area contributed by atoms with Crippen LogP contribution in [0.2, 0.25) is 0 Å². The molecule has 5 rings (SSSR count). The normalized spacial score (nSPS) is 11.3. The molecule has 0 radical (unpaired) electrons. The van der Waals surface area contributed by atoms with Gasteiger partial charge in [-0.15, -0.1) is 0 Å². The smallest absolute Gasteiger partial charge is 0.324 e. The Morgan fingerprint density at radius 1 is 0.925 bits per heavy atom. The number of rotatable bonds is 7. The number of fused-ring (bicyclic) bond motifs is 1. The molecule has 0 aliphatic carbocycles. The molecule has 3 N–H and O–H groups in total. The molecule has 0 saturated heterocycles. The number of urea groups is 1. The van der Waals surface area contributed by atoms with Crippen LogP contribution in [0.15, 0.2) is 85.1 Å². The Balaban J connectivity index is 1.38. The SMILES string of the molecule is CNc1cc(COc2ccc(NC(=O)Nc3cc(C(C)(C)C)nn3-c3ccc(C)cc3)c3ccccc23)ccn1. The first-order valence-corrected chi connectivity index (χ1v) is 13.2. The summed E-state index contributed by atoms with van der Waals surface area (Å²) in [6.07, 6.45) is 1.75. The van der Waals surface area contributed by atoms with Crippen LogP contribution in [0.1, 0.15) is 37.6 Å². The highest BCUT2D eigenvalue weighted by Gasteiger charge is 2.22. The molecule has 0 atom stereocenters. The van der Waals surface area contributed by atoms with E-state index in [4.69, 9.17) is 9.84 Å². The van der Waals surface area contributed by atoms with Crippen molar-refractivity contribution in [2.24, 2.45) is 0 Å². The third-order valence-corrected chi connectivity index (χ3v) is 6.61. The summed E-state index contributed by atoms with van der Waals surface area (Å²) in [5.74, 6) is 2.11. The van der Waals surface area contributed by atoms with Crippen LogP contribution in [0.25, 0.3) is 16.5 Å². The molecule has 0 unspecified atom stereocenters. The largest absolute Gasteiger partial charge is 0.488 e. The van der Waals surface area contributed by atoms with E-state index < -0.39 is 0 Å². The number of aryl methyl sites for hydroxylation is 1. The maximum absolute atomic E-state index is 13.3. The van der Waals surface area contributed by atoms with Crippen LogP contribution in [0, 0.1) is 6.92 Å². The molecule has 0 bridgehead atoms. The first-order valence-electron chi connectivity index (χ1n) is 13.2. The minimum Gasteiger partial charge on any atom is -0.488 e. The molecule has 0 spiro atoms. The molecule has 8 nitrogen and oxygen atoms in total. The quantitative estimate of drug-likeness (QED) is 0.204. The lowest BCUT2D eigenvalue weighted by atomic mass is 9.92. The van der Waals surface area contributed by atoms with E-state index in [1.165, 1.54) is 0 Å². The van der Waals surface area contributed by atoms with Crippen LogP contribution < -0.4 is 20.7 Å². The molecular formula is C32H34N6O2. The number of anilines is 3. The molecule has 8 heteroatoms. The fourth-order valence-corrected chi connectivity index (χ4v) is 4.36. The summed E-state index contributed by atoms with van der Waals surface area (Å²) in [5.41, 5.74) is 4.41. The Labute approximate surface area is 234 Å². The zero-order chi connectivity index (χ0) is 28.3. The highest BCUT2D eigenvalue weighted by atomic mass is 16.5. The third-order valence-electron chi connectivity index (χ3n) is 6.61. The fourth-order valence-electron chi connectivity index (χ4n) is 4.36. The van der Waals surface area contributed by atoms with Gasteiger partial charge in [0, 0.05) is 35.5 Å². The van der Waals surface area contributed by atoms with Gasteiger partial charge in [0.25, 0.3) is 0 Å². The molecule has 2 aromatic heterocycles. The number of carbonyl (C=O) groups is 1. The predicted molar refractivity (Wildman–Crippen MR) is 162 cm³/mol. The number of nitrogens with one attached hydrogen (secondary N) is 3. The molecule has 0 aliphatic rings. The van der Waals surface area contributed by atoms with Crippen LogP contribution in [0.3, 0.4) is 0 Å². The first kappa shape index (κ1) is 26.7. The summed E-state index contributed by atoms with van der Waals surface area (Å²) in [7, 11) is 1.84. The van der Waals surface area contributed by atoms with Gasteiger partial charge in [-0.25, -0.2) is 14.5 Å². The van der Waals surface area contributed by atoms with Gasteiger partial charge in [0.15, 0.2) is 0 Å². The summed E-state index contributed by atoms with van der Waals surface area (Å²) in [4.78, 5) is 17.5. The van der Waals surface area contributed by atoms with Gasteiger partial charge in [-0.3, -0.25) is 5.32 Å². The fraction of sp³-hybridized carbons (Fsp3) is 0.219. The molecule has 3 aromatic carbocycles. The van der Waals surface area contributed by atoms with Crippen molar-refractivity contribution in [3.05, 3.63) is 102 Å². The number of amides is 2. The number of carbonyl (C=O) groups excluding carboxylic acids is 1. The van der Waals surface area contributed by atoms with Crippen LogP contribution in [0.5, 0.6) is 5.75 Å². The molecule has 40 heavy (non-hydrogen) atoms. The standard InChI is InChI=1S/C32H34N6O2/c1-21-10-12-23(13-11-21)38-30(19-28(37-38)32(2,3)4)36-31(39)35-26-14-15-27(25-9-7-6-8-24(25)26)40-20-22-16-17-34-29(18-22)33-5/h6-19H,20H2,1-5H3,(H,33,34)(H2,35,36,39). The number of hydrogen-bond donors (Lipinski definition) is 3. The predicted octanol–water partition coefficient (Wildman–Crippen LogP) is 7.29.